The van der Waals surface area contributed by atoms with Gasteiger partial charge in [0.2, 0.25) is 5.91 Å². The number of halogens is 1. The second kappa shape index (κ2) is 7.96. The zero-order valence-electron chi connectivity index (χ0n) is 10.9. The summed E-state index contributed by atoms with van der Waals surface area (Å²) in [4.78, 5) is 11.6. The van der Waals surface area contributed by atoms with Gasteiger partial charge >= 0.3 is 0 Å². The van der Waals surface area contributed by atoms with Crippen LogP contribution in [0.2, 0.25) is 0 Å². The highest BCUT2D eigenvalue weighted by Crippen LogP contribution is 2.08. The molecule has 5 nitrogen and oxygen atoms in total. The minimum atomic E-state index is -2.96. The van der Waals surface area contributed by atoms with E-state index in [1.165, 1.54) is 6.26 Å². The van der Waals surface area contributed by atoms with Crippen molar-refractivity contribution in [3.05, 3.63) is 0 Å². The Bertz CT molecular complexity index is 359. The van der Waals surface area contributed by atoms with Crippen LogP contribution in [-0.2, 0) is 14.6 Å². The molecule has 0 bridgehead atoms. The molecule has 1 fully saturated rings. The molecular weight excluding hydrogens is 276 g/mol. The molecule has 0 saturated carbocycles. The predicted octanol–water partition coefficient (Wildman–Crippen LogP) is 0.490. The van der Waals surface area contributed by atoms with Gasteiger partial charge in [0.25, 0.3) is 0 Å². The number of hydrogen-bond acceptors (Lipinski definition) is 4. The van der Waals surface area contributed by atoms with Crippen molar-refractivity contribution in [1.82, 2.24) is 10.6 Å². The number of carbonyl (C=O) groups is 1. The van der Waals surface area contributed by atoms with E-state index >= 15 is 0 Å². The quantitative estimate of drug-likeness (QED) is 0.774. The zero-order chi connectivity index (χ0) is 12.9. The summed E-state index contributed by atoms with van der Waals surface area (Å²) in [5.41, 5.74) is 0. The molecule has 2 atom stereocenters. The Kier molecular flexibility index (Phi) is 7.82. The molecule has 1 heterocycles. The lowest BCUT2D eigenvalue weighted by atomic mass is 10.00. The van der Waals surface area contributed by atoms with E-state index in [2.05, 4.69) is 17.6 Å². The summed E-state index contributed by atoms with van der Waals surface area (Å²) in [6.45, 7) is 3.06. The van der Waals surface area contributed by atoms with Crippen LogP contribution in [0.25, 0.3) is 0 Å². The van der Waals surface area contributed by atoms with Gasteiger partial charge in [-0.2, -0.15) is 0 Å². The Morgan fingerprint density at radius 3 is 2.67 bits per heavy atom. The molecule has 1 aliphatic rings. The molecule has 1 rings (SSSR count). The first-order valence-corrected chi connectivity index (χ1v) is 8.15. The number of hydrogen-bond donors (Lipinski definition) is 2. The second-order valence-electron chi connectivity index (χ2n) is 4.79. The normalized spacial score (nSPS) is 24.1. The van der Waals surface area contributed by atoms with Gasteiger partial charge in [-0.1, -0.05) is 0 Å². The van der Waals surface area contributed by atoms with Gasteiger partial charge in [0, 0.05) is 24.8 Å². The maximum absolute atomic E-state index is 11.6. The summed E-state index contributed by atoms with van der Waals surface area (Å²) in [5.74, 6) is 0.0352. The molecule has 7 heteroatoms. The molecular formula is C11H23ClN2O3S. The van der Waals surface area contributed by atoms with Crippen LogP contribution >= 0.6 is 12.4 Å². The second-order valence-corrected chi connectivity index (χ2v) is 7.05. The van der Waals surface area contributed by atoms with Gasteiger partial charge in [0.05, 0.1) is 5.75 Å². The van der Waals surface area contributed by atoms with Crippen LogP contribution in [0.1, 0.15) is 32.6 Å². The number of carbonyl (C=O) groups excluding carboxylic acids is 1. The number of sulfone groups is 1. The van der Waals surface area contributed by atoms with Gasteiger partial charge in [-0.25, -0.2) is 8.42 Å². The molecule has 0 spiro atoms. The van der Waals surface area contributed by atoms with Crippen LogP contribution in [0.4, 0.5) is 0 Å². The molecule has 0 aromatic heterocycles. The third-order valence-electron chi connectivity index (χ3n) is 3.03. The monoisotopic (exact) mass is 298 g/mol. The standard InChI is InChI=1S/C11H22N2O3S.ClH/c1-9-10(5-3-7-12-9)13-11(14)6-4-8-17(2,15)16;/h9-10,12H,3-8H2,1-2H3,(H,13,14);1H. The van der Waals surface area contributed by atoms with Crippen molar-refractivity contribution in [2.45, 2.75) is 44.7 Å². The zero-order valence-corrected chi connectivity index (χ0v) is 12.6. The molecule has 1 aliphatic heterocycles. The van der Waals surface area contributed by atoms with Crippen molar-refractivity contribution in [1.29, 1.82) is 0 Å². The van der Waals surface area contributed by atoms with Gasteiger partial charge in [0.1, 0.15) is 9.84 Å². The summed E-state index contributed by atoms with van der Waals surface area (Å²) < 4.78 is 21.8. The molecule has 0 aliphatic carbocycles. The lowest BCUT2D eigenvalue weighted by Gasteiger charge is -2.30. The lowest BCUT2D eigenvalue weighted by Crippen LogP contribution is -2.51. The van der Waals surface area contributed by atoms with Crippen molar-refractivity contribution >= 4 is 28.2 Å². The maximum atomic E-state index is 11.6. The third kappa shape index (κ3) is 7.18. The topological polar surface area (TPSA) is 75.3 Å². The largest absolute Gasteiger partial charge is 0.352 e. The average Bonchev–Trinajstić information content (AvgIpc) is 2.19. The highest BCUT2D eigenvalue weighted by atomic mass is 35.5. The fourth-order valence-corrected chi connectivity index (χ4v) is 2.68. The number of piperidine rings is 1. The summed E-state index contributed by atoms with van der Waals surface area (Å²) >= 11 is 0. The molecule has 1 saturated heterocycles. The minimum absolute atomic E-state index is 0. The highest BCUT2D eigenvalue weighted by molar-refractivity contribution is 7.90. The first kappa shape index (κ1) is 17.7. The van der Waals surface area contributed by atoms with Crippen molar-refractivity contribution in [2.75, 3.05) is 18.6 Å². The van der Waals surface area contributed by atoms with E-state index in [1.807, 2.05) is 0 Å². The first-order chi connectivity index (χ1) is 7.88. The molecule has 2 unspecified atom stereocenters. The number of amides is 1. The highest BCUT2D eigenvalue weighted by Gasteiger charge is 2.22. The number of nitrogens with one attached hydrogen (secondary N) is 2. The first-order valence-electron chi connectivity index (χ1n) is 6.09. The third-order valence-corrected chi connectivity index (χ3v) is 4.06. The molecule has 0 aromatic rings. The fraction of sp³-hybridized carbons (Fsp3) is 0.909. The van der Waals surface area contributed by atoms with Gasteiger partial charge in [-0.05, 0) is 32.7 Å². The summed E-state index contributed by atoms with van der Waals surface area (Å²) in [6, 6.07) is 0.470. The number of rotatable bonds is 5. The Balaban J connectivity index is 0.00000289. The van der Waals surface area contributed by atoms with Gasteiger partial charge in [0.15, 0.2) is 0 Å². The maximum Gasteiger partial charge on any atom is 0.220 e. The Hall–Kier alpha value is -0.330. The molecule has 108 valence electrons. The van der Waals surface area contributed by atoms with E-state index in [1.54, 1.807) is 0 Å². The average molecular weight is 299 g/mol. The predicted molar refractivity (Wildman–Crippen MR) is 74.8 cm³/mol. The summed E-state index contributed by atoms with van der Waals surface area (Å²) in [7, 11) is -2.96. The molecule has 2 N–H and O–H groups in total. The summed E-state index contributed by atoms with van der Waals surface area (Å²) in [5, 5.41) is 6.27. The van der Waals surface area contributed by atoms with Crippen molar-refractivity contribution in [3.63, 3.8) is 0 Å². The van der Waals surface area contributed by atoms with E-state index in [9.17, 15) is 13.2 Å². The minimum Gasteiger partial charge on any atom is -0.352 e. The van der Waals surface area contributed by atoms with Crippen LogP contribution in [0.3, 0.4) is 0 Å². The Labute approximate surface area is 115 Å². The van der Waals surface area contributed by atoms with Crippen LogP contribution in [0.15, 0.2) is 0 Å². The van der Waals surface area contributed by atoms with Gasteiger partial charge in [-0.15, -0.1) is 12.4 Å². The van der Waals surface area contributed by atoms with Crippen LogP contribution < -0.4 is 10.6 Å². The SMILES string of the molecule is CC1NCCCC1NC(=O)CCCS(C)(=O)=O.Cl. The van der Waals surface area contributed by atoms with Crippen LogP contribution in [-0.4, -0.2) is 45.0 Å². The Morgan fingerprint density at radius 1 is 1.44 bits per heavy atom. The van der Waals surface area contributed by atoms with Gasteiger partial charge in [-0.3, -0.25) is 4.79 Å². The smallest absolute Gasteiger partial charge is 0.220 e. The van der Waals surface area contributed by atoms with Crippen molar-refractivity contribution < 1.29 is 13.2 Å². The van der Waals surface area contributed by atoms with Crippen LogP contribution in [0.5, 0.6) is 0 Å². The fourth-order valence-electron chi connectivity index (χ4n) is 2.02. The van der Waals surface area contributed by atoms with Crippen molar-refractivity contribution in [3.8, 4) is 0 Å². The molecule has 0 aromatic carbocycles. The van der Waals surface area contributed by atoms with E-state index in [0.29, 0.717) is 12.5 Å². The van der Waals surface area contributed by atoms with Gasteiger partial charge < -0.3 is 10.6 Å². The molecule has 1 amide bonds. The van der Waals surface area contributed by atoms with E-state index < -0.39 is 9.84 Å². The molecule has 0 radical (unpaired) electrons. The summed E-state index contributed by atoms with van der Waals surface area (Å²) in [6.07, 6.45) is 3.94. The lowest BCUT2D eigenvalue weighted by molar-refractivity contribution is -0.122. The van der Waals surface area contributed by atoms with E-state index in [-0.39, 0.29) is 36.5 Å². The van der Waals surface area contributed by atoms with E-state index in [4.69, 9.17) is 0 Å². The van der Waals surface area contributed by atoms with Crippen molar-refractivity contribution in [2.24, 2.45) is 0 Å². The Morgan fingerprint density at radius 2 is 2.11 bits per heavy atom. The van der Waals surface area contributed by atoms with Crippen LogP contribution in [0, 0.1) is 0 Å². The molecule has 18 heavy (non-hydrogen) atoms. The van der Waals surface area contributed by atoms with E-state index in [0.717, 1.165) is 19.4 Å².